The van der Waals surface area contributed by atoms with Crippen LogP contribution in [-0.2, 0) is 11.3 Å². The van der Waals surface area contributed by atoms with Crippen LogP contribution in [0, 0.1) is 0 Å². The molecule has 100 valence electrons. The molecule has 0 aliphatic rings. The summed E-state index contributed by atoms with van der Waals surface area (Å²) in [6.07, 6.45) is -4.92. The van der Waals surface area contributed by atoms with Gasteiger partial charge in [0.05, 0.1) is 12.8 Å². The third kappa shape index (κ3) is 3.23. The van der Waals surface area contributed by atoms with Crippen molar-refractivity contribution in [3.05, 3.63) is 17.3 Å². The van der Waals surface area contributed by atoms with Crippen molar-refractivity contribution in [1.29, 1.82) is 0 Å². The average Bonchev–Trinajstić information content (AvgIpc) is 2.28. The zero-order valence-corrected chi connectivity index (χ0v) is 9.25. The van der Waals surface area contributed by atoms with Gasteiger partial charge in [0.25, 0.3) is 0 Å². The maximum absolute atomic E-state index is 12.1. The van der Waals surface area contributed by atoms with Gasteiger partial charge in [-0.15, -0.1) is 13.2 Å². The molecule has 0 aliphatic carbocycles. The summed E-state index contributed by atoms with van der Waals surface area (Å²) >= 11 is 0. The first-order chi connectivity index (χ1) is 8.28. The minimum Gasteiger partial charge on any atom is -0.465 e. The van der Waals surface area contributed by atoms with Crippen LogP contribution in [0.1, 0.15) is 16.1 Å². The predicted molar refractivity (Wildman–Crippen MR) is 54.6 cm³/mol. The zero-order chi connectivity index (χ0) is 13.9. The minimum atomic E-state index is -4.92. The first-order valence-electron chi connectivity index (χ1n) is 4.62. The summed E-state index contributed by atoms with van der Waals surface area (Å²) in [5.74, 6) is -1.88. The highest BCUT2D eigenvalue weighted by Gasteiger charge is 2.33. The lowest BCUT2D eigenvalue weighted by molar-refractivity contribution is -0.275. The topological polar surface area (TPSA) is 100 Å². The Morgan fingerprint density at radius 3 is 2.56 bits per heavy atom. The van der Waals surface area contributed by atoms with E-state index in [0.29, 0.717) is 0 Å². The summed E-state index contributed by atoms with van der Waals surface area (Å²) in [6, 6.07) is 0.795. The van der Waals surface area contributed by atoms with Crippen LogP contribution in [0.25, 0.3) is 0 Å². The van der Waals surface area contributed by atoms with Crippen molar-refractivity contribution in [1.82, 2.24) is 4.98 Å². The van der Waals surface area contributed by atoms with Crippen molar-refractivity contribution in [2.24, 2.45) is 5.73 Å². The monoisotopic (exact) mass is 265 g/mol. The van der Waals surface area contributed by atoms with Crippen LogP contribution in [0.4, 0.5) is 19.0 Å². The number of nitrogens with two attached hydrogens (primary N) is 2. The SMILES string of the molecule is COC(=O)c1cc(OC(F)(F)F)c(CN)nc1N. The molecule has 0 fully saturated rings. The van der Waals surface area contributed by atoms with E-state index in [1.54, 1.807) is 0 Å². The Morgan fingerprint density at radius 2 is 2.11 bits per heavy atom. The number of methoxy groups -OCH3 is 1. The van der Waals surface area contributed by atoms with Gasteiger partial charge in [0.1, 0.15) is 11.4 Å². The summed E-state index contributed by atoms with van der Waals surface area (Å²) in [5, 5.41) is 0. The summed E-state index contributed by atoms with van der Waals surface area (Å²) in [7, 11) is 1.06. The van der Waals surface area contributed by atoms with E-state index in [1.165, 1.54) is 0 Å². The number of alkyl halides is 3. The van der Waals surface area contributed by atoms with E-state index in [-0.39, 0.29) is 23.6 Å². The number of hydrogen-bond acceptors (Lipinski definition) is 6. The number of hydrogen-bond donors (Lipinski definition) is 2. The highest BCUT2D eigenvalue weighted by Crippen LogP contribution is 2.28. The van der Waals surface area contributed by atoms with Gasteiger partial charge in [-0.25, -0.2) is 9.78 Å². The molecule has 0 saturated carbocycles. The molecule has 0 radical (unpaired) electrons. The number of aromatic nitrogens is 1. The molecule has 9 heteroatoms. The Bertz CT molecular complexity index is 462. The number of carbonyl (C=O) groups excluding carboxylic acids is 1. The van der Waals surface area contributed by atoms with Crippen molar-refractivity contribution < 1.29 is 27.4 Å². The second-order valence-corrected chi connectivity index (χ2v) is 3.11. The van der Waals surface area contributed by atoms with Gasteiger partial charge < -0.3 is 20.9 Å². The molecule has 4 N–H and O–H groups in total. The van der Waals surface area contributed by atoms with Crippen LogP contribution >= 0.6 is 0 Å². The number of anilines is 1. The third-order valence-corrected chi connectivity index (χ3v) is 1.92. The molecule has 0 aromatic carbocycles. The van der Waals surface area contributed by atoms with E-state index in [2.05, 4.69) is 14.5 Å². The Morgan fingerprint density at radius 1 is 1.50 bits per heavy atom. The van der Waals surface area contributed by atoms with Crippen molar-refractivity contribution >= 4 is 11.8 Å². The molecule has 0 atom stereocenters. The van der Waals surface area contributed by atoms with E-state index in [9.17, 15) is 18.0 Å². The highest BCUT2D eigenvalue weighted by atomic mass is 19.4. The van der Waals surface area contributed by atoms with Crippen LogP contribution in [-0.4, -0.2) is 24.4 Å². The van der Waals surface area contributed by atoms with Crippen LogP contribution in [0.5, 0.6) is 5.75 Å². The summed E-state index contributed by atoms with van der Waals surface area (Å²) in [6.45, 7) is -0.322. The molecular weight excluding hydrogens is 255 g/mol. The standard InChI is InChI=1S/C9H10F3N3O3/c1-17-8(16)4-2-6(18-9(10,11)12)5(3-13)15-7(4)14/h2H,3,13H2,1H3,(H2,14,15). The molecule has 18 heavy (non-hydrogen) atoms. The number of carbonyl (C=O) groups is 1. The number of nitrogen functional groups attached to an aromatic ring is 1. The maximum Gasteiger partial charge on any atom is 0.573 e. The minimum absolute atomic E-state index is 0.211. The van der Waals surface area contributed by atoms with Crippen LogP contribution in [0.3, 0.4) is 0 Å². The van der Waals surface area contributed by atoms with Crippen LogP contribution < -0.4 is 16.2 Å². The van der Waals surface area contributed by atoms with Gasteiger partial charge in [0, 0.05) is 12.6 Å². The Labute approximate surface area is 99.7 Å². The van der Waals surface area contributed by atoms with Gasteiger partial charge in [0.2, 0.25) is 0 Å². The smallest absolute Gasteiger partial charge is 0.465 e. The molecule has 1 heterocycles. The molecule has 0 bridgehead atoms. The second kappa shape index (κ2) is 5.08. The first kappa shape index (κ1) is 14.0. The molecule has 0 unspecified atom stereocenters. The molecule has 0 saturated heterocycles. The first-order valence-corrected chi connectivity index (χ1v) is 4.62. The normalized spacial score (nSPS) is 11.2. The highest BCUT2D eigenvalue weighted by molar-refractivity contribution is 5.94. The van der Waals surface area contributed by atoms with E-state index in [1.807, 2.05) is 0 Å². The number of pyridine rings is 1. The molecule has 0 aliphatic heterocycles. The average molecular weight is 265 g/mol. The Balaban J connectivity index is 3.26. The van der Waals surface area contributed by atoms with Gasteiger partial charge in [-0.1, -0.05) is 0 Å². The largest absolute Gasteiger partial charge is 0.573 e. The summed E-state index contributed by atoms with van der Waals surface area (Å²) in [4.78, 5) is 14.8. The fraction of sp³-hybridized carbons (Fsp3) is 0.333. The summed E-state index contributed by atoms with van der Waals surface area (Å²) in [5.41, 5.74) is 10.1. The van der Waals surface area contributed by atoms with Crippen molar-refractivity contribution in [3.8, 4) is 5.75 Å². The fourth-order valence-electron chi connectivity index (χ4n) is 1.18. The number of esters is 1. The molecule has 1 aromatic rings. The lowest BCUT2D eigenvalue weighted by Gasteiger charge is -2.13. The molecule has 1 rings (SSSR count). The zero-order valence-electron chi connectivity index (χ0n) is 9.25. The molecule has 0 amide bonds. The third-order valence-electron chi connectivity index (χ3n) is 1.92. The number of rotatable bonds is 3. The van der Waals surface area contributed by atoms with E-state index >= 15 is 0 Å². The van der Waals surface area contributed by atoms with Gasteiger partial charge in [-0.2, -0.15) is 0 Å². The van der Waals surface area contributed by atoms with Crippen molar-refractivity contribution in [3.63, 3.8) is 0 Å². The lowest BCUT2D eigenvalue weighted by Crippen LogP contribution is -2.20. The number of halogens is 3. The second-order valence-electron chi connectivity index (χ2n) is 3.11. The molecule has 0 spiro atoms. The van der Waals surface area contributed by atoms with Crippen molar-refractivity contribution in [2.75, 3.05) is 12.8 Å². The van der Waals surface area contributed by atoms with E-state index in [0.717, 1.165) is 13.2 Å². The van der Waals surface area contributed by atoms with Gasteiger partial charge >= 0.3 is 12.3 Å². The van der Waals surface area contributed by atoms with Crippen molar-refractivity contribution in [2.45, 2.75) is 12.9 Å². The summed E-state index contributed by atoms with van der Waals surface area (Å²) < 4.78 is 44.5. The van der Waals surface area contributed by atoms with E-state index in [4.69, 9.17) is 11.5 Å². The molecule has 1 aromatic heterocycles. The van der Waals surface area contributed by atoms with Crippen LogP contribution in [0.15, 0.2) is 6.07 Å². The number of ether oxygens (including phenoxy) is 2. The van der Waals surface area contributed by atoms with Gasteiger partial charge in [0.15, 0.2) is 5.75 Å². The number of nitrogens with zero attached hydrogens (tertiary/aromatic N) is 1. The van der Waals surface area contributed by atoms with Gasteiger partial charge in [-0.3, -0.25) is 0 Å². The van der Waals surface area contributed by atoms with E-state index < -0.39 is 18.1 Å². The molecule has 6 nitrogen and oxygen atoms in total. The quantitative estimate of drug-likeness (QED) is 0.784. The Kier molecular flexibility index (Phi) is 3.96. The Hall–Kier alpha value is -2.03. The predicted octanol–water partition coefficient (Wildman–Crippen LogP) is 0.808. The molecular formula is C9H10F3N3O3. The fourth-order valence-corrected chi connectivity index (χ4v) is 1.18. The van der Waals surface area contributed by atoms with Crippen LogP contribution in [0.2, 0.25) is 0 Å². The maximum atomic E-state index is 12.1. The lowest BCUT2D eigenvalue weighted by atomic mass is 10.2. The van der Waals surface area contributed by atoms with Gasteiger partial charge in [-0.05, 0) is 0 Å².